The van der Waals surface area contributed by atoms with Crippen LogP contribution in [0.15, 0.2) is 46.9 Å². The number of methoxy groups -OCH3 is 1. The first-order valence-electron chi connectivity index (χ1n) is 8.44. The highest BCUT2D eigenvalue weighted by atomic mass is 35.5. The molecule has 0 saturated carbocycles. The number of nitrogens with zero attached hydrogens (tertiary/aromatic N) is 3. The molecule has 0 spiro atoms. The zero-order valence-electron chi connectivity index (χ0n) is 15.7. The molecule has 0 fully saturated rings. The summed E-state index contributed by atoms with van der Waals surface area (Å²) in [7, 11) is 1.52. The largest absolute Gasteiger partial charge is 0.495 e. The number of hydrogen-bond donors (Lipinski definition) is 0. The molecule has 11 heteroatoms. The van der Waals surface area contributed by atoms with E-state index >= 15 is 0 Å². The van der Waals surface area contributed by atoms with Gasteiger partial charge in [-0.2, -0.15) is 13.2 Å². The first-order chi connectivity index (χ1) is 14.2. The van der Waals surface area contributed by atoms with Crippen LogP contribution in [0.5, 0.6) is 5.75 Å². The predicted molar refractivity (Wildman–Crippen MR) is 112 cm³/mol. The molecular weight excluding hydrogens is 459 g/mol. The van der Waals surface area contributed by atoms with Crippen LogP contribution in [0.4, 0.5) is 24.0 Å². The van der Waals surface area contributed by atoms with Gasteiger partial charge in [-0.3, -0.25) is 9.69 Å². The number of pyridine rings is 1. The van der Waals surface area contributed by atoms with E-state index in [0.29, 0.717) is 28.0 Å². The van der Waals surface area contributed by atoms with Gasteiger partial charge in [0.25, 0.3) is 0 Å². The molecule has 0 aliphatic carbocycles. The van der Waals surface area contributed by atoms with Crippen molar-refractivity contribution in [2.24, 2.45) is 0 Å². The van der Waals surface area contributed by atoms with Crippen LogP contribution >= 0.6 is 34.7 Å². The second kappa shape index (κ2) is 9.23. The molecule has 0 saturated heterocycles. The number of carbonyl (C=O) groups excluding carboxylic acids is 1. The first kappa shape index (κ1) is 22.4. The lowest BCUT2D eigenvalue weighted by molar-refractivity contribution is -0.137. The molecule has 158 valence electrons. The Morgan fingerprint density at radius 3 is 2.70 bits per heavy atom. The van der Waals surface area contributed by atoms with E-state index in [1.165, 1.54) is 30.3 Å². The van der Waals surface area contributed by atoms with Crippen LogP contribution in [0.1, 0.15) is 18.2 Å². The maximum atomic E-state index is 12.7. The van der Waals surface area contributed by atoms with Gasteiger partial charge in [-0.05, 0) is 18.2 Å². The van der Waals surface area contributed by atoms with E-state index in [9.17, 15) is 18.0 Å². The van der Waals surface area contributed by atoms with E-state index < -0.39 is 11.7 Å². The molecule has 3 aromatic rings. The number of halogens is 4. The Kier molecular flexibility index (Phi) is 6.89. The molecule has 1 amide bonds. The maximum absolute atomic E-state index is 12.7. The van der Waals surface area contributed by atoms with Crippen LogP contribution in [-0.2, 0) is 16.7 Å². The molecule has 30 heavy (non-hydrogen) atoms. The van der Waals surface area contributed by atoms with Crippen molar-refractivity contribution in [3.05, 3.63) is 58.2 Å². The Hall–Kier alpha value is -2.30. The molecule has 0 bridgehead atoms. The molecule has 3 rings (SSSR count). The number of alkyl halides is 3. The number of carbonyl (C=O) groups is 1. The Balaban J connectivity index is 1.78. The second-order valence-corrected chi connectivity index (χ2v) is 8.15. The van der Waals surface area contributed by atoms with Gasteiger partial charge in [0, 0.05) is 24.3 Å². The van der Waals surface area contributed by atoms with Crippen molar-refractivity contribution >= 4 is 51.4 Å². The number of benzene rings is 1. The summed E-state index contributed by atoms with van der Waals surface area (Å²) in [6.07, 6.45) is -3.75. The van der Waals surface area contributed by atoms with E-state index in [1.807, 2.05) is 0 Å². The number of hydrogen-bond acceptors (Lipinski definition) is 6. The lowest BCUT2D eigenvalue weighted by Gasteiger charge is -2.20. The second-order valence-electron chi connectivity index (χ2n) is 5.95. The third-order valence-electron chi connectivity index (χ3n) is 3.86. The quantitative estimate of drug-likeness (QED) is 0.399. The minimum atomic E-state index is -4.50. The van der Waals surface area contributed by atoms with Gasteiger partial charge in [-0.1, -0.05) is 35.5 Å². The summed E-state index contributed by atoms with van der Waals surface area (Å²) in [6.45, 7) is 1.42. The fourth-order valence-corrected chi connectivity index (χ4v) is 4.59. The Labute approximate surface area is 183 Å². The Bertz CT molecular complexity index is 1060. The lowest BCUT2D eigenvalue weighted by Crippen LogP contribution is -2.23. The van der Waals surface area contributed by atoms with Crippen LogP contribution in [-0.4, -0.2) is 23.0 Å². The highest BCUT2D eigenvalue weighted by Gasteiger charge is 2.31. The number of amides is 1. The average Bonchev–Trinajstić information content (AvgIpc) is 3.15. The van der Waals surface area contributed by atoms with Gasteiger partial charge in [0.15, 0.2) is 5.13 Å². The summed E-state index contributed by atoms with van der Waals surface area (Å²) in [5.41, 5.74) is 0.300. The van der Waals surface area contributed by atoms with Crippen LogP contribution in [0.3, 0.4) is 0 Å². The molecule has 0 N–H and O–H groups in total. The highest BCUT2D eigenvalue weighted by Crippen LogP contribution is 2.37. The maximum Gasteiger partial charge on any atom is 0.417 e. The van der Waals surface area contributed by atoms with E-state index in [-0.39, 0.29) is 16.0 Å². The molecule has 0 aliphatic rings. The summed E-state index contributed by atoms with van der Waals surface area (Å²) in [6, 6.07) is 7.93. The van der Waals surface area contributed by atoms with Gasteiger partial charge in [0.1, 0.15) is 10.8 Å². The molecular formula is C19H15ClF3N3O2S2. The number of thioether (sulfide) groups is 1. The molecule has 2 aromatic heterocycles. The van der Waals surface area contributed by atoms with Crippen LogP contribution < -0.4 is 9.64 Å². The van der Waals surface area contributed by atoms with Gasteiger partial charge in [0.05, 0.1) is 29.1 Å². The normalized spacial score (nSPS) is 11.4. The van der Waals surface area contributed by atoms with Crippen molar-refractivity contribution < 1.29 is 22.7 Å². The van der Waals surface area contributed by atoms with E-state index in [4.69, 9.17) is 16.3 Å². The van der Waals surface area contributed by atoms with Gasteiger partial charge in [0.2, 0.25) is 5.91 Å². The predicted octanol–water partition coefficient (Wildman–Crippen LogP) is 6.20. The standard InChI is InChI=1S/C19H15ClF3N3O2S2/c1-11(27)26(15-5-3-4-6-16(15)28-2)18-25-13(10-30-18)9-29-17-14(20)7-12(8-24-17)19(21,22)23/h3-8,10H,9H2,1-2H3. The van der Waals surface area contributed by atoms with Crippen molar-refractivity contribution in [3.63, 3.8) is 0 Å². The molecule has 0 radical (unpaired) electrons. The molecule has 5 nitrogen and oxygen atoms in total. The SMILES string of the molecule is COc1ccccc1N(C(C)=O)c1nc(CSc2ncc(C(F)(F)F)cc2Cl)cs1. The fourth-order valence-electron chi connectivity index (χ4n) is 2.52. The van der Waals surface area contributed by atoms with Gasteiger partial charge in [-0.15, -0.1) is 11.3 Å². The Morgan fingerprint density at radius 1 is 1.33 bits per heavy atom. The van der Waals surface area contributed by atoms with Crippen molar-refractivity contribution in [1.29, 1.82) is 0 Å². The summed E-state index contributed by atoms with van der Waals surface area (Å²) in [4.78, 5) is 22.0. The van der Waals surface area contributed by atoms with E-state index in [0.717, 1.165) is 24.0 Å². The van der Waals surface area contributed by atoms with Crippen molar-refractivity contribution in [3.8, 4) is 5.75 Å². The minimum Gasteiger partial charge on any atom is -0.495 e. The molecule has 2 heterocycles. The topological polar surface area (TPSA) is 55.3 Å². The number of thiazole rings is 1. The zero-order valence-corrected chi connectivity index (χ0v) is 18.1. The summed E-state index contributed by atoms with van der Waals surface area (Å²) in [5, 5.41) is 2.41. The number of rotatable bonds is 6. The Morgan fingerprint density at radius 2 is 2.07 bits per heavy atom. The highest BCUT2D eigenvalue weighted by molar-refractivity contribution is 7.98. The molecule has 0 unspecified atom stereocenters. The smallest absolute Gasteiger partial charge is 0.417 e. The van der Waals surface area contributed by atoms with Gasteiger partial charge >= 0.3 is 6.18 Å². The monoisotopic (exact) mass is 473 g/mol. The summed E-state index contributed by atoms with van der Waals surface area (Å²) in [5.74, 6) is 0.617. The summed E-state index contributed by atoms with van der Waals surface area (Å²) >= 11 is 8.37. The minimum absolute atomic E-state index is 0.0790. The van der Waals surface area contributed by atoms with Gasteiger partial charge in [-0.25, -0.2) is 9.97 Å². The van der Waals surface area contributed by atoms with Crippen molar-refractivity contribution in [1.82, 2.24) is 9.97 Å². The van der Waals surface area contributed by atoms with Crippen molar-refractivity contribution in [2.75, 3.05) is 12.0 Å². The van der Waals surface area contributed by atoms with Crippen LogP contribution in [0, 0.1) is 0 Å². The molecule has 0 atom stereocenters. The van der Waals surface area contributed by atoms with Gasteiger partial charge < -0.3 is 4.74 Å². The third kappa shape index (κ3) is 5.05. The van der Waals surface area contributed by atoms with Crippen molar-refractivity contribution in [2.45, 2.75) is 23.9 Å². The fraction of sp³-hybridized carbons (Fsp3) is 0.211. The molecule has 0 aliphatic heterocycles. The number of anilines is 2. The van der Waals surface area contributed by atoms with Crippen LogP contribution in [0.2, 0.25) is 5.02 Å². The third-order valence-corrected chi connectivity index (χ3v) is 6.18. The van der Waals surface area contributed by atoms with E-state index in [2.05, 4.69) is 9.97 Å². The van der Waals surface area contributed by atoms with E-state index in [1.54, 1.807) is 29.6 Å². The zero-order chi connectivity index (χ0) is 21.9. The average molecular weight is 474 g/mol. The number of ether oxygens (including phenoxy) is 1. The lowest BCUT2D eigenvalue weighted by atomic mass is 10.2. The number of aromatic nitrogens is 2. The summed E-state index contributed by atoms with van der Waals surface area (Å²) < 4.78 is 43.5. The first-order valence-corrected chi connectivity index (χ1v) is 10.7. The van der Waals surface area contributed by atoms with Crippen LogP contribution in [0.25, 0.3) is 0 Å². The molecule has 1 aromatic carbocycles. The number of para-hydroxylation sites is 2.